The van der Waals surface area contributed by atoms with Gasteiger partial charge in [0.2, 0.25) is 12.0 Å². The van der Waals surface area contributed by atoms with E-state index in [0.29, 0.717) is 41.0 Å². The summed E-state index contributed by atoms with van der Waals surface area (Å²) in [6.45, 7) is 4.36. The Morgan fingerprint density at radius 1 is 1.09 bits per heavy atom. The fourth-order valence-electron chi connectivity index (χ4n) is 3.55. The molecule has 0 saturated carbocycles. The number of benzene rings is 2. The molecule has 4 rings (SSSR count). The number of ether oxygens (including phenoxy) is 3. The lowest BCUT2D eigenvalue weighted by Crippen LogP contribution is -2.30. The predicted octanol–water partition coefficient (Wildman–Crippen LogP) is 5.06. The van der Waals surface area contributed by atoms with Gasteiger partial charge in [-0.15, -0.1) is 0 Å². The summed E-state index contributed by atoms with van der Waals surface area (Å²) >= 11 is 0. The van der Waals surface area contributed by atoms with Gasteiger partial charge < -0.3 is 18.6 Å². The molecule has 1 fully saturated rings. The van der Waals surface area contributed by atoms with E-state index in [0.717, 1.165) is 23.3 Å². The fourth-order valence-corrected chi connectivity index (χ4v) is 3.55. The van der Waals surface area contributed by atoms with E-state index in [1.807, 2.05) is 44.2 Å². The zero-order valence-electron chi connectivity index (χ0n) is 18.9. The van der Waals surface area contributed by atoms with Crippen LogP contribution in [0, 0.1) is 6.92 Å². The lowest BCUT2D eigenvalue weighted by atomic mass is 10.1. The lowest BCUT2D eigenvalue weighted by Gasteiger charge is -2.14. The largest absolute Gasteiger partial charge is 0.493 e. The Balaban J connectivity index is 1.48. The van der Waals surface area contributed by atoms with Gasteiger partial charge in [0.05, 0.1) is 7.11 Å². The third-order valence-corrected chi connectivity index (χ3v) is 5.43. The standard InChI is InChI=1S/C25H26N2O6/c1-4-5-13-27-24(28)22(33-25(27)29)18-11-12-20(21(14-18)30-3)31-15-19-16(2)32-23(26-19)17-9-7-6-8-10-17/h6-12,14,22H,4-5,13,15H2,1-3H3. The van der Waals surface area contributed by atoms with Gasteiger partial charge in [-0.05, 0) is 37.6 Å². The Labute approximate surface area is 192 Å². The molecule has 2 heterocycles. The lowest BCUT2D eigenvalue weighted by molar-refractivity contribution is -0.129. The van der Waals surface area contributed by atoms with E-state index in [1.165, 1.54) is 7.11 Å². The second-order valence-electron chi connectivity index (χ2n) is 7.69. The molecular formula is C25H26N2O6. The van der Waals surface area contributed by atoms with Gasteiger partial charge in [0.1, 0.15) is 18.1 Å². The maximum Gasteiger partial charge on any atom is 0.417 e. The van der Waals surface area contributed by atoms with Crippen molar-refractivity contribution >= 4 is 12.0 Å². The Morgan fingerprint density at radius 2 is 1.88 bits per heavy atom. The number of hydrogen-bond donors (Lipinski definition) is 0. The summed E-state index contributed by atoms with van der Waals surface area (Å²) < 4.78 is 22.5. The Bertz CT molecular complexity index is 1140. The second-order valence-corrected chi connectivity index (χ2v) is 7.69. The molecule has 2 amide bonds. The summed E-state index contributed by atoms with van der Waals surface area (Å²) in [4.78, 5) is 30.5. The van der Waals surface area contributed by atoms with Gasteiger partial charge in [0.25, 0.3) is 5.91 Å². The summed E-state index contributed by atoms with van der Waals surface area (Å²) in [6, 6.07) is 14.7. The first kappa shape index (κ1) is 22.4. The highest BCUT2D eigenvalue weighted by atomic mass is 16.6. The van der Waals surface area contributed by atoms with Crippen LogP contribution in [0.1, 0.15) is 42.9 Å². The average molecular weight is 450 g/mol. The van der Waals surface area contributed by atoms with Crippen LogP contribution in [0.25, 0.3) is 11.5 Å². The first-order valence-electron chi connectivity index (χ1n) is 10.9. The Hall–Kier alpha value is -3.81. The first-order chi connectivity index (χ1) is 16.0. The van der Waals surface area contributed by atoms with E-state index in [2.05, 4.69) is 4.98 Å². The monoisotopic (exact) mass is 450 g/mol. The minimum absolute atomic E-state index is 0.181. The van der Waals surface area contributed by atoms with Crippen LogP contribution in [0.3, 0.4) is 0 Å². The summed E-state index contributed by atoms with van der Waals surface area (Å²) in [5, 5.41) is 0. The van der Waals surface area contributed by atoms with Gasteiger partial charge in [-0.1, -0.05) is 37.6 Å². The van der Waals surface area contributed by atoms with Crippen LogP contribution in [0.15, 0.2) is 52.9 Å². The molecule has 8 heteroatoms. The molecule has 1 saturated heterocycles. The van der Waals surface area contributed by atoms with Crippen molar-refractivity contribution in [2.45, 2.75) is 39.4 Å². The van der Waals surface area contributed by atoms with Crippen LogP contribution in [-0.4, -0.2) is 35.5 Å². The van der Waals surface area contributed by atoms with E-state index < -0.39 is 12.2 Å². The molecule has 0 bridgehead atoms. The van der Waals surface area contributed by atoms with E-state index in [9.17, 15) is 9.59 Å². The summed E-state index contributed by atoms with van der Waals surface area (Å²) in [7, 11) is 1.51. The third kappa shape index (κ3) is 4.69. The van der Waals surface area contributed by atoms with Crippen molar-refractivity contribution < 1.29 is 28.2 Å². The number of carbonyl (C=O) groups excluding carboxylic acids is 2. The van der Waals surface area contributed by atoms with Crippen LogP contribution < -0.4 is 9.47 Å². The molecule has 172 valence electrons. The molecule has 0 N–H and O–H groups in total. The van der Waals surface area contributed by atoms with Gasteiger partial charge >= 0.3 is 6.09 Å². The van der Waals surface area contributed by atoms with Crippen molar-refractivity contribution in [1.82, 2.24) is 9.88 Å². The number of oxazole rings is 1. The van der Waals surface area contributed by atoms with Gasteiger partial charge in [0, 0.05) is 17.7 Å². The second kappa shape index (κ2) is 9.77. The summed E-state index contributed by atoms with van der Waals surface area (Å²) in [5.41, 5.74) is 2.09. The van der Waals surface area contributed by atoms with E-state index in [-0.39, 0.29) is 12.5 Å². The molecule has 8 nitrogen and oxygen atoms in total. The Kier molecular flexibility index (Phi) is 6.63. The minimum Gasteiger partial charge on any atom is -0.493 e. The molecule has 33 heavy (non-hydrogen) atoms. The number of carbonyl (C=O) groups is 2. The molecule has 0 aliphatic carbocycles. The highest BCUT2D eigenvalue weighted by molar-refractivity contribution is 6.00. The smallest absolute Gasteiger partial charge is 0.417 e. The summed E-state index contributed by atoms with van der Waals surface area (Å²) in [6.07, 6.45) is 0.00766. The highest BCUT2D eigenvalue weighted by Crippen LogP contribution is 2.35. The number of hydrogen-bond acceptors (Lipinski definition) is 7. The van der Waals surface area contributed by atoms with E-state index in [1.54, 1.807) is 18.2 Å². The molecule has 1 aromatic heterocycles. The zero-order chi connectivity index (χ0) is 23.4. The van der Waals surface area contributed by atoms with Crippen molar-refractivity contribution in [2.75, 3.05) is 13.7 Å². The molecule has 2 aromatic carbocycles. The van der Waals surface area contributed by atoms with Crippen LogP contribution in [0.2, 0.25) is 0 Å². The van der Waals surface area contributed by atoms with Gasteiger partial charge in [-0.2, -0.15) is 0 Å². The number of rotatable bonds is 9. The number of methoxy groups -OCH3 is 1. The Morgan fingerprint density at radius 3 is 2.61 bits per heavy atom. The first-order valence-corrected chi connectivity index (χ1v) is 10.9. The molecule has 0 spiro atoms. The number of cyclic esters (lactones) is 1. The average Bonchev–Trinajstić information content (AvgIpc) is 3.35. The molecule has 1 aliphatic rings. The maximum atomic E-state index is 12.7. The number of amides is 2. The van der Waals surface area contributed by atoms with Crippen LogP contribution in [-0.2, 0) is 16.1 Å². The van der Waals surface area contributed by atoms with Crippen molar-refractivity contribution in [2.24, 2.45) is 0 Å². The van der Waals surface area contributed by atoms with Gasteiger partial charge in [-0.25, -0.2) is 14.7 Å². The van der Waals surface area contributed by atoms with E-state index >= 15 is 0 Å². The number of aryl methyl sites for hydroxylation is 1. The van der Waals surface area contributed by atoms with Crippen molar-refractivity contribution in [3.8, 4) is 23.0 Å². The number of imide groups is 1. The molecule has 1 unspecified atom stereocenters. The van der Waals surface area contributed by atoms with Gasteiger partial charge in [0.15, 0.2) is 11.5 Å². The summed E-state index contributed by atoms with van der Waals surface area (Å²) in [5.74, 6) is 1.73. The molecule has 1 aliphatic heterocycles. The molecule has 0 radical (unpaired) electrons. The fraction of sp³-hybridized carbons (Fsp3) is 0.320. The molecular weight excluding hydrogens is 424 g/mol. The highest BCUT2D eigenvalue weighted by Gasteiger charge is 2.41. The molecule has 1 atom stereocenters. The number of nitrogens with zero attached hydrogens (tertiary/aromatic N) is 2. The van der Waals surface area contributed by atoms with E-state index in [4.69, 9.17) is 18.6 Å². The minimum atomic E-state index is -0.983. The third-order valence-electron chi connectivity index (χ3n) is 5.43. The van der Waals surface area contributed by atoms with Crippen LogP contribution >= 0.6 is 0 Å². The topological polar surface area (TPSA) is 91.1 Å². The van der Waals surface area contributed by atoms with Crippen LogP contribution in [0.4, 0.5) is 4.79 Å². The number of aromatic nitrogens is 1. The number of unbranched alkanes of at least 4 members (excludes halogenated alkanes) is 1. The van der Waals surface area contributed by atoms with Crippen molar-refractivity contribution in [3.63, 3.8) is 0 Å². The zero-order valence-corrected chi connectivity index (χ0v) is 18.9. The normalized spacial score (nSPS) is 15.6. The van der Waals surface area contributed by atoms with Gasteiger partial charge in [-0.3, -0.25) is 4.79 Å². The SMILES string of the molecule is CCCCN1C(=O)OC(c2ccc(OCc3nc(-c4ccccc4)oc3C)c(OC)c2)C1=O. The maximum absolute atomic E-state index is 12.7. The molecule has 3 aromatic rings. The van der Waals surface area contributed by atoms with Crippen LogP contribution in [0.5, 0.6) is 11.5 Å². The predicted molar refractivity (Wildman–Crippen MR) is 120 cm³/mol. The van der Waals surface area contributed by atoms with Crippen molar-refractivity contribution in [1.29, 1.82) is 0 Å². The van der Waals surface area contributed by atoms with Crippen molar-refractivity contribution in [3.05, 3.63) is 65.5 Å². The quantitative estimate of drug-likeness (QED) is 0.450.